The molecule has 4 heterocycles. The van der Waals surface area contributed by atoms with E-state index in [0.29, 0.717) is 12.0 Å². The van der Waals surface area contributed by atoms with E-state index in [0.717, 1.165) is 36.6 Å². The molecule has 1 aliphatic rings. The molecule has 26 heavy (non-hydrogen) atoms. The number of aryl methyl sites for hydroxylation is 1. The van der Waals surface area contributed by atoms with Crippen LogP contribution in [0.4, 0.5) is 11.8 Å². The Morgan fingerprint density at radius 2 is 1.96 bits per heavy atom. The van der Waals surface area contributed by atoms with Crippen molar-refractivity contribution in [1.82, 2.24) is 24.8 Å². The van der Waals surface area contributed by atoms with Gasteiger partial charge in [0.25, 0.3) is 0 Å². The quantitative estimate of drug-likeness (QED) is 0.760. The molecule has 1 N–H and O–H groups in total. The second-order valence-corrected chi connectivity index (χ2v) is 6.63. The van der Waals surface area contributed by atoms with Crippen LogP contribution in [0.25, 0.3) is 0 Å². The van der Waals surface area contributed by atoms with Gasteiger partial charge in [-0.2, -0.15) is 0 Å². The Labute approximate surface area is 153 Å². The van der Waals surface area contributed by atoms with Crippen LogP contribution in [0.2, 0.25) is 0 Å². The Balaban J connectivity index is 1.50. The molecule has 4 rings (SSSR count). The van der Waals surface area contributed by atoms with Crippen LogP contribution < -0.4 is 5.32 Å². The maximum atomic E-state index is 4.75. The maximum Gasteiger partial charge on any atom is 0.228 e. The van der Waals surface area contributed by atoms with Gasteiger partial charge < -0.3 is 5.32 Å². The van der Waals surface area contributed by atoms with Gasteiger partial charge >= 0.3 is 0 Å². The van der Waals surface area contributed by atoms with Crippen molar-refractivity contribution in [3.8, 4) is 0 Å². The van der Waals surface area contributed by atoms with E-state index >= 15 is 0 Å². The smallest absolute Gasteiger partial charge is 0.228 e. The molecule has 0 bridgehead atoms. The molecule has 1 fully saturated rings. The lowest BCUT2D eigenvalue weighted by atomic mass is 10.1. The van der Waals surface area contributed by atoms with Crippen LogP contribution >= 0.6 is 0 Å². The number of anilines is 2. The highest BCUT2D eigenvalue weighted by Crippen LogP contribution is 2.32. The highest BCUT2D eigenvalue weighted by molar-refractivity contribution is 5.47. The third-order valence-corrected chi connectivity index (χ3v) is 4.67. The van der Waals surface area contributed by atoms with Crippen molar-refractivity contribution < 1.29 is 0 Å². The molecule has 1 atom stereocenters. The van der Waals surface area contributed by atoms with Crippen LogP contribution in [0.15, 0.2) is 55.1 Å². The zero-order valence-corrected chi connectivity index (χ0v) is 14.8. The summed E-state index contributed by atoms with van der Waals surface area (Å²) in [6.07, 6.45) is 9.65. The Bertz CT molecular complexity index is 850. The summed E-state index contributed by atoms with van der Waals surface area (Å²) in [5, 5.41) is 3.20. The maximum absolute atomic E-state index is 4.75. The largest absolute Gasteiger partial charge is 0.309 e. The SMILES string of the molecule is Cc1ccc(Nc2nccc([C@@H]3CCCN3Cc3ccncc3)n2)nc1. The standard InChI is InChI=1S/C20H22N6/c1-15-4-5-19(23-13-15)25-20-22-11-8-17(24-20)18-3-2-12-26(18)14-16-6-9-21-10-7-16/h4-11,13,18H,2-3,12,14H2,1H3,(H,22,23,24,25)/t18-/m0/s1. The minimum absolute atomic E-state index is 0.317. The Kier molecular flexibility index (Phi) is 4.84. The van der Waals surface area contributed by atoms with Crippen molar-refractivity contribution in [2.75, 3.05) is 11.9 Å². The fraction of sp³-hybridized carbons (Fsp3) is 0.300. The molecule has 6 nitrogen and oxygen atoms in total. The predicted octanol–water partition coefficient (Wildman–Crippen LogP) is 3.66. The van der Waals surface area contributed by atoms with E-state index in [4.69, 9.17) is 4.98 Å². The van der Waals surface area contributed by atoms with Crippen LogP contribution in [-0.4, -0.2) is 31.4 Å². The highest BCUT2D eigenvalue weighted by atomic mass is 15.2. The lowest BCUT2D eigenvalue weighted by Gasteiger charge is -2.24. The molecule has 0 amide bonds. The van der Waals surface area contributed by atoms with Gasteiger partial charge in [0.05, 0.1) is 11.7 Å². The average Bonchev–Trinajstić information content (AvgIpc) is 3.13. The first kappa shape index (κ1) is 16.6. The first-order chi connectivity index (χ1) is 12.8. The fourth-order valence-electron chi connectivity index (χ4n) is 3.35. The molecule has 3 aromatic heterocycles. The van der Waals surface area contributed by atoms with E-state index in [1.54, 1.807) is 0 Å². The minimum atomic E-state index is 0.317. The summed E-state index contributed by atoms with van der Waals surface area (Å²) in [7, 11) is 0. The van der Waals surface area contributed by atoms with Crippen molar-refractivity contribution in [1.29, 1.82) is 0 Å². The molecule has 0 radical (unpaired) electrons. The molecular formula is C20H22N6. The van der Waals surface area contributed by atoms with Crippen LogP contribution in [0, 0.1) is 6.92 Å². The van der Waals surface area contributed by atoms with Gasteiger partial charge in [-0.05, 0) is 61.7 Å². The summed E-state index contributed by atoms with van der Waals surface area (Å²) in [5.41, 5.74) is 3.47. The van der Waals surface area contributed by atoms with Crippen molar-refractivity contribution in [3.63, 3.8) is 0 Å². The van der Waals surface area contributed by atoms with Gasteiger partial charge in [0.2, 0.25) is 5.95 Å². The Morgan fingerprint density at radius 1 is 1.08 bits per heavy atom. The number of pyridine rings is 2. The van der Waals surface area contributed by atoms with Gasteiger partial charge in [0.1, 0.15) is 5.82 Å². The lowest BCUT2D eigenvalue weighted by molar-refractivity contribution is 0.244. The number of nitrogens with zero attached hydrogens (tertiary/aromatic N) is 5. The molecule has 0 unspecified atom stereocenters. The predicted molar refractivity (Wildman–Crippen MR) is 101 cm³/mol. The van der Waals surface area contributed by atoms with Crippen molar-refractivity contribution in [3.05, 3.63) is 71.9 Å². The van der Waals surface area contributed by atoms with E-state index in [1.165, 1.54) is 12.0 Å². The molecule has 0 aliphatic carbocycles. The van der Waals surface area contributed by atoms with Gasteiger partial charge in [-0.1, -0.05) is 6.07 Å². The summed E-state index contributed by atoms with van der Waals surface area (Å²) in [6.45, 7) is 4.02. The summed E-state index contributed by atoms with van der Waals surface area (Å²) in [6, 6.07) is 10.4. The van der Waals surface area contributed by atoms with E-state index < -0.39 is 0 Å². The van der Waals surface area contributed by atoms with E-state index in [2.05, 4.69) is 37.3 Å². The molecule has 3 aromatic rings. The van der Waals surface area contributed by atoms with Gasteiger partial charge in [-0.25, -0.2) is 15.0 Å². The second kappa shape index (κ2) is 7.58. The number of aromatic nitrogens is 4. The minimum Gasteiger partial charge on any atom is -0.309 e. The normalized spacial score (nSPS) is 17.3. The van der Waals surface area contributed by atoms with Crippen molar-refractivity contribution >= 4 is 11.8 Å². The van der Waals surface area contributed by atoms with E-state index in [9.17, 15) is 0 Å². The number of hydrogen-bond donors (Lipinski definition) is 1. The zero-order chi connectivity index (χ0) is 17.8. The Morgan fingerprint density at radius 3 is 2.77 bits per heavy atom. The third-order valence-electron chi connectivity index (χ3n) is 4.67. The second-order valence-electron chi connectivity index (χ2n) is 6.63. The molecule has 0 spiro atoms. The molecule has 1 saturated heterocycles. The topological polar surface area (TPSA) is 66.8 Å². The van der Waals surface area contributed by atoms with Gasteiger partial charge in [0, 0.05) is 31.3 Å². The molecule has 132 valence electrons. The molecular weight excluding hydrogens is 324 g/mol. The number of likely N-dealkylation sites (tertiary alicyclic amines) is 1. The number of rotatable bonds is 5. The first-order valence-corrected chi connectivity index (χ1v) is 8.93. The van der Waals surface area contributed by atoms with Crippen LogP contribution in [0.5, 0.6) is 0 Å². The fourth-order valence-corrected chi connectivity index (χ4v) is 3.35. The first-order valence-electron chi connectivity index (χ1n) is 8.93. The van der Waals surface area contributed by atoms with Crippen LogP contribution in [0.3, 0.4) is 0 Å². The number of nitrogens with one attached hydrogen (secondary N) is 1. The molecule has 0 aromatic carbocycles. The molecule has 6 heteroatoms. The monoisotopic (exact) mass is 346 g/mol. The summed E-state index contributed by atoms with van der Waals surface area (Å²) in [4.78, 5) is 20.0. The van der Waals surface area contributed by atoms with Crippen LogP contribution in [-0.2, 0) is 6.54 Å². The summed E-state index contributed by atoms with van der Waals surface area (Å²) in [5.74, 6) is 1.35. The average molecular weight is 346 g/mol. The van der Waals surface area contributed by atoms with Crippen molar-refractivity contribution in [2.24, 2.45) is 0 Å². The van der Waals surface area contributed by atoms with Gasteiger partial charge in [-0.3, -0.25) is 9.88 Å². The van der Waals surface area contributed by atoms with Crippen molar-refractivity contribution in [2.45, 2.75) is 32.4 Å². The molecule has 1 aliphatic heterocycles. The zero-order valence-electron chi connectivity index (χ0n) is 14.8. The number of hydrogen-bond acceptors (Lipinski definition) is 6. The lowest BCUT2D eigenvalue weighted by Crippen LogP contribution is -2.23. The van der Waals surface area contributed by atoms with Gasteiger partial charge in [0.15, 0.2) is 0 Å². The molecule has 0 saturated carbocycles. The Hall–Kier alpha value is -2.86. The van der Waals surface area contributed by atoms with Crippen LogP contribution in [0.1, 0.15) is 35.7 Å². The van der Waals surface area contributed by atoms with E-state index in [1.807, 2.05) is 49.9 Å². The third kappa shape index (κ3) is 3.86. The van der Waals surface area contributed by atoms with E-state index in [-0.39, 0.29) is 0 Å². The summed E-state index contributed by atoms with van der Waals surface area (Å²) >= 11 is 0. The highest BCUT2D eigenvalue weighted by Gasteiger charge is 2.27. The summed E-state index contributed by atoms with van der Waals surface area (Å²) < 4.78 is 0. The van der Waals surface area contributed by atoms with Gasteiger partial charge in [-0.15, -0.1) is 0 Å².